The van der Waals surface area contributed by atoms with Gasteiger partial charge in [-0.15, -0.1) is 0 Å². The third-order valence-electron chi connectivity index (χ3n) is 10.7. The Morgan fingerprint density at radius 2 is 1.49 bits per heavy atom. The van der Waals surface area contributed by atoms with E-state index in [0.29, 0.717) is 24.4 Å². The van der Waals surface area contributed by atoms with Gasteiger partial charge in [0.15, 0.2) is 8.32 Å². The smallest absolute Gasteiger partial charge is 0.311 e. The molecule has 1 saturated heterocycles. The molecule has 8 nitrogen and oxygen atoms in total. The average Bonchev–Trinajstić information content (AvgIpc) is 3.68. The zero-order valence-electron chi connectivity index (χ0n) is 33.2. The maximum atomic E-state index is 12.1. The van der Waals surface area contributed by atoms with E-state index in [1.54, 1.807) is 7.11 Å². The van der Waals surface area contributed by atoms with Gasteiger partial charge < -0.3 is 23.4 Å². The van der Waals surface area contributed by atoms with Crippen molar-refractivity contribution in [3.05, 3.63) is 29.8 Å². The Hall–Kier alpha value is -2.39. The molecule has 9 heteroatoms. The van der Waals surface area contributed by atoms with Gasteiger partial charge in [0.1, 0.15) is 23.6 Å². The van der Waals surface area contributed by atoms with E-state index in [4.69, 9.17) is 23.4 Å². The Morgan fingerprint density at radius 1 is 0.918 bits per heavy atom. The predicted octanol–water partition coefficient (Wildman–Crippen LogP) is 9.50. The number of hydrogen-bond acceptors (Lipinski definition) is 8. The molecule has 4 rings (SSSR count). The van der Waals surface area contributed by atoms with Crippen molar-refractivity contribution in [2.24, 2.45) is 28.6 Å². The highest BCUT2D eigenvalue weighted by Crippen LogP contribution is 2.55. The SMILES string of the molecule is CCC(C)(C)C(=O)OC1C2CC3C(=O)OC1C3C2.CCC(C)(C)C(=O)OCCC[Si](C)(C)OC.CCC(C)c1ccc(OC(C)(C)C)cc1. The lowest BCUT2D eigenvalue weighted by Gasteiger charge is -2.29. The van der Waals surface area contributed by atoms with Gasteiger partial charge in [-0.25, -0.2) is 0 Å². The summed E-state index contributed by atoms with van der Waals surface area (Å²) in [5.74, 6) is 1.95. The first-order valence-corrected chi connectivity index (χ1v) is 21.7. The van der Waals surface area contributed by atoms with Crippen molar-refractivity contribution in [1.29, 1.82) is 0 Å². The number of carbonyl (C=O) groups is 3. The zero-order chi connectivity index (χ0) is 37.4. The fraction of sp³-hybridized carbons (Fsp3) is 0.775. The molecule has 0 aromatic heterocycles. The molecule has 6 atom stereocenters. The van der Waals surface area contributed by atoms with Crippen molar-refractivity contribution in [3.63, 3.8) is 0 Å². The van der Waals surface area contributed by atoms with Gasteiger partial charge in [-0.3, -0.25) is 14.4 Å². The monoisotopic (exact) mass is 704 g/mol. The second-order valence-electron chi connectivity index (χ2n) is 17.0. The van der Waals surface area contributed by atoms with Crippen molar-refractivity contribution < 1.29 is 37.8 Å². The van der Waals surface area contributed by atoms with Crippen LogP contribution in [0.2, 0.25) is 19.1 Å². The summed E-state index contributed by atoms with van der Waals surface area (Å²) in [6.45, 7) is 27.1. The lowest BCUT2D eigenvalue weighted by molar-refractivity contribution is -0.170. The molecule has 0 radical (unpaired) electrons. The van der Waals surface area contributed by atoms with Crippen molar-refractivity contribution in [1.82, 2.24) is 0 Å². The lowest BCUT2D eigenvalue weighted by Crippen LogP contribution is -2.39. The molecular formula is C40H68O8Si. The topological polar surface area (TPSA) is 97.4 Å². The Labute approximate surface area is 298 Å². The highest BCUT2D eigenvalue weighted by Gasteiger charge is 2.63. The van der Waals surface area contributed by atoms with E-state index in [-0.39, 0.29) is 47.0 Å². The fourth-order valence-corrected chi connectivity index (χ4v) is 7.25. The third kappa shape index (κ3) is 12.4. The summed E-state index contributed by atoms with van der Waals surface area (Å²) in [7, 11) is 0.268. The summed E-state index contributed by atoms with van der Waals surface area (Å²) in [5.41, 5.74) is 0.467. The molecule has 280 valence electrons. The standard InChI is InChI=1S/C14H20O4.C14H22O.C12H26O3Si/c1-4-14(2,3)13(16)18-10-7-5-8-9(6-7)12(15)17-11(8)10;1-6-11(2)12-7-9-13(10-8-12)15-14(3,4)5;1-7-12(2,3)11(13)15-9-8-10-16(5,6)14-4/h7-11H,4-6H2,1-3H3;7-11H,6H2,1-5H3;7-10H2,1-6H3. The second-order valence-corrected chi connectivity index (χ2v) is 21.5. The van der Waals surface area contributed by atoms with Crippen molar-refractivity contribution in [2.75, 3.05) is 13.7 Å². The number of benzene rings is 1. The summed E-state index contributed by atoms with van der Waals surface area (Å²) in [4.78, 5) is 35.4. The van der Waals surface area contributed by atoms with E-state index >= 15 is 0 Å². The van der Waals surface area contributed by atoms with Crippen molar-refractivity contribution in [3.8, 4) is 5.75 Å². The average molecular weight is 705 g/mol. The largest absolute Gasteiger partial charge is 0.488 e. The third-order valence-corrected chi connectivity index (χ3v) is 13.4. The number of ether oxygens (including phenoxy) is 4. The van der Waals surface area contributed by atoms with Gasteiger partial charge in [0, 0.05) is 18.9 Å². The van der Waals surface area contributed by atoms with E-state index in [9.17, 15) is 14.4 Å². The molecule has 1 aromatic rings. The van der Waals surface area contributed by atoms with Gasteiger partial charge in [0.25, 0.3) is 0 Å². The molecule has 0 spiro atoms. The lowest BCUT2D eigenvalue weighted by atomic mass is 9.87. The van der Waals surface area contributed by atoms with Gasteiger partial charge in [-0.05, 0) is 130 Å². The Kier molecular flexibility index (Phi) is 15.4. The Morgan fingerprint density at radius 3 is 2.00 bits per heavy atom. The van der Waals surface area contributed by atoms with E-state index in [2.05, 4.69) is 72.0 Å². The summed E-state index contributed by atoms with van der Waals surface area (Å²) in [6, 6.07) is 9.48. The van der Waals surface area contributed by atoms with Crippen LogP contribution in [0, 0.1) is 28.6 Å². The molecule has 0 N–H and O–H groups in total. The molecule has 1 aliphatic heterocycles. The van der Waals surface area contributed by atoms with Crippen molar-refractivity contribution in [2.45, 2.75) is 158 Å². The summed E-state index contributed by atoms with van der Waals surface area (Å²) in [5, 5.41) is 0. The maximum Gasteiger partial charge on any atom is 0.311 e. The molecular weight excluding hydrogens is 637 g/mol. The first-order valence-electron chi connectivity index (χ1n) is 18.5. The number of fused-ring (bicyclic) bond motifs is 1. The van der Waals surface area contributed by atoms with Crippen LogP contribution in [0.5, 0.6) is 5.75 Å². The van der Waals surface area contributed by atoms with Gasteiger partial charge in [-0.2, -0.15) is 0 Å². The second kappa shape index (κ2) is 17.7. The maximum absolute atomic E-state index is 12.1. The molecule has 3 fully saturated rings. The molecule has 3 aliphatic rings. The molecule has 1 aromatic carbocycles. The van der Waals surface area contributed by atoms with Gasteiger partial charge in [-0.1, -0.05) is 39.8 Å². The van der Waals surface area contributed by atoms with Crippen LogP contribution in [0.15, 0.2) is 24.3 Å². The minimum Gasteiger partial charge on any atom is -0.488 e. The molecule has 2 saturated carbocycles. The normalized spacial score (nSPS) is 23.4. The summed E-state index contributed by atoms with van der Waals surface area (Å²) in [6.07, 6.45) is 5.09. The molecule has 49 heavy (non-hydrogen) atoms. The number of hydrogen-bond donors (Lipinski definition) is 0. The zero-order valence-corrected chi connectivity index (χ0v) is 34.2. The minimum absolute atomic E-state index is 0.0779. The summed E-state index contributed by atoms with van der Waals surface area (Å²) >= 11 is 0. The molecule has 1 heterocycles. The van der Waals surface area contributed by atoms with Crippen molar-refractivity contribution >= 4 is 26.2 Å². The predicted molar refractivity (Wildman–Crippen MR) is 198 cm³/mol. The van der Waals surface area contributed by atoms with E-state index < -0.39 is 13.7 Å². The van der Waals surface area contributed by atoms with Crippen LogP contribution in [-0.2, 0) is 33.0 Å². The summed E-state index contributed by atoms with van der Waals surface area (Å²) < 4.78 is 27.5. The van der Waals surface area contributed by atoms with Gasteiger partial charge in [0.05, 0.1) is 23.4 Å². The van der Waals surface area contributed by atoms with Gasteiger partial charge in [0.2, 0.25) is 0 Å². The highest BCUT2D eigenvalue weighted by atomic mass is 28.4. The van der Waals surface area contributed by atoms with E-state index in [1.807, 2.05) is 41.5 Å². The number of rotatable bonds is 13. The first-order chi connectivity index (χ1) is 22.6. The Balaban J connectivity index is 0.000000257. The molecule has 2 aliphatic carbocycles. The number of esters is 3. The van der Waals surface area contributed by atoms with Crippen LogP contribution in [-0.4, -0.2) is 57.8 Å². The van der Waals surface area contributed by atoms with Crippen LogP contribution < -0.4 is 4.74 Å². The van der Waals surface area contributed by atoms with Crippen LogP contribution >= 0.6 is 0 Å². The fourth-order valence-electron chi connectivity index (χ4n) is 6.05. The first kappa shape index (κ1) is 42.8. The van der Waals surface area contributed by atoms with Crippen LogP contribution in [0.25, 0.3) is 0 Å². The molecule has 2 bridgehead atoms. The van der Waals surface area contributed by atoms with Crippen LogP contribution in [0.3, 0.4) is 0 Å². The molecule has 0 amide bonds. The van der Waals surface area contributed by atoms with Crippen LogP contribution in [0.1, 0.15) is 126 Å². The number of carbonyl (C=O) groups excluding carboxylic acids is 3. The quantitative estimate of drug-likeness (QED) is 0.0867. The van der Waals surface area contributed by atoms with Crippen LogP contribution in [0.4, 0.5) is 0 Å². The van der Waals surface area contributed by atoms with E-state index in [1.165, 1.54) is 12.0 Å². The Bertz CT molecular complexity index is 1220. The molecule has 6 unspecified atom stereocenters. The van der Waals surface area contributed by atoms with E-state index in [0.717, 1.165) is 43.9 Å². The highest BCUT2D eigenvalue weighted by molar-refractivity contribution is 6.71. The minimum atomic E-state index is -1.49. The van der Waals surface area contributed by atoms with Gasteiger partial charge >= 0.3 is 17.9 Å².